The summed E-state index contributed by atoms with van der Waals surface area (Å²) in [7, 11) is 0. The Kier molecular flexibility index (Phi) is 5.25. The lowest BCUT2D eigenvalue weighted by Crippen LogP contribution is -2.59. The van der Waals surface area contributed by atoms with Gasteiger partial charge in [-0.05, 0) is 61.4 Å². The molecule has 0 bridgehead atoms. The molecule has 1 unspecified atom stereocenters. The van der Waals surface area contributed by atoms with Gasteiger partial charge in [0.15, 0.2) is 11.5 Å². The molecule has 1 aliphatic carbocycles. The average molecular weight is 426 g/mol. The maximum absolute atomic E-state index is 13.6. The van der Waals surface area contributed by atoms with Crippen LogP contribution in [0, 0.1) is 5.92 Å². The number of hydrogen-bond acceptors (Lipinski definition) is 5. The predicted molar refractivity (Wildman–Crippen MR) is 119 cm³/mol. The number of benzene rings is 2. The summed E-state index contributed by atoms with van der Waals surface area (Å²) in [6.07, 6.45) is 9.28. The first-order valence-electron chi connectivity index (χ1n) is 10.6. The molecule has 1 amide bonds. The topological polar surface area (TPSA) is 77.3 Å². The fourth-order valence-electron chi connectivity index (χ4n) is 4.04. The lowest BCUT2D eigenvalue weighted by molar-refractivity contribution is -0.138. The summed E-state index contributed by atoms with van der Waals surface area (Å²) in [5, 5.41) is 8.46. The van der Waals surface area contributed by atoms with Crippen LogP contribution >= 0.6 is 0 Å². The summed E-state index contributed by atoms with van der Waals surface area (Å²) in [4.78, 5) is 26.9. The van der Waals surface area contributed by atoms with Gasteiger partial charge in [-0.3, -0.25) is 14.5 Å². The molecule has 0 N–H and O–H groups in total. The van der Waals surface area contributed by atoms with Crippen molar-refractivity contribution >= 4 is 17.4 Å². The minimum Gasteiger partial charge on any atom is -0.347 e. The summed E-state index contributed by atoms with van der Waals surface area (Å²) >= 11 is 0. The van der Waals surface area contributed by atoms with Gasteiger partial charge < -0.3 is 4.74 Å². The minimum absolute atomic E-state index is 0.0402. The summed E-state index contributed by atoms with van der Waals surface area (Å²) in [5.74, 6) is -0.494. The van der Waals surface area contributed by atoms with E-state index in [1.807, 2.05) is 66.9 Å². The molecule has 0 saturated carbocycles. The van der Waals surface area contributed by atoms with Crippen molar-refractivity contribution in [1.82, 2.24) is 15.0 Å². The molecule has 2 heterocycles. The van der Waals surface area contributed by atoms with Gasteiger partial charge in [-0.15, -0.1) is 5.10 Å². The molecule has 1 fully saturated rings. The summed E-state index contributed by atoms with van der Waals surface area (Å²) in [6, 6.07) is 19.2. The number of aryl methyl sites for hydroxylation is 1. The van der Waals surface area contributed by atoms with Crippen LogP contribution in [0.15, 0.2) is 91.2 Å². The molecule has 1 aromatic heterocycles. The Balaban J connectivity index is 1.35. The summed E-state index contributed by atoms with van der Waals surface area (Å²) < 4.78 is 7.94. The largest absolute Gasteiger partial charge is 0.347 e. The third-order valence-electron chi connectivity index (χ3n) is 5.73. The van der Waals surface area contributed by atoms with Gasteiger partial charge in [0.25, 0.3) is 0 Å². The van der Waals surface area contributed by atoms with Crippen LogP contribution in [0.2, 0.25) is 0 Å². The number of ether oxygens (including phenoxy) is 1. The Labute approximate surface area is 185 Å². The van der Waals surface area contributed by atoms with Gasteiger partial charge in [0.2, 0.25) is 5.91 Å². The maximum Gasteiger partial charge on any atom is 0.235 e. The number of para-hydroxylation sites is 2. The van der Waals surface area contributed by atoms with E-state index in [0.29, 0.717) is 12.8 Å². The zero-order valence-corrected chi connectivity index (χ0v) is 17.4. The van der Waals surface area contributed by atoms with Crippen molar-refractivity contribution in [2.75, 3.05) is 11.5 Å². The second kappa shape index (κ2) is 8.36. The number of rotatable bonds is 5. The zero-order valence-electron chi connectivity index (χ0n) is 17.4. The quantitative estimate of drug-likeness (QED) is 0.626. The number of allylic oxidation sites excluding steroid dienone is 2. The number of anilines is 1. The van der Waals surface area contributed by atoms with E-state index in [4.69, 9.17) is 4.74 Å². The molecule has 1 saturated heterocycles. The van der Waals surface area contributed by atoms with Gasteiger partial charge >= 0.3 is 0 Å². The van der Waals surface area contributed by atoms with Gasteiger partial charge in [-0.2, -0.15) is 0 Å². The highest BCUT2D eigenvalue weighted by atomic mass is 16.5. The summed E-state index contributed by atoms with van der Waals surface area (Å²) in [5.41, 5.74) is 1.39. The number of carbonyl (C=O) groups excluding carboxylic acids is 2. The Bertz CT molecular complexity index is 1170. The number of aromatic nitrogens is 3. The molecule has 7 nitrogen and oxygen atoms in total. The van der Waals surface area contributed by atoms with Crippen molar-refractivity contribution in [3.05, 3.63) is 96.9 Å². The van der Waals surface area contributed by atoms with Gasteiger partial charge in [0.1, 0.15) is 0 Å². The molecular formula is C25H22N4O3. The molecule has 2 aliphatic rings. The van der Waals surface area contributed by atoms with Crippen LogP contribution in [0.4, 0.5) is 5.69 Å². The highest BCUT2D eigenvalue weighted by molar-refractivity contribution is 6.03. The van der Waals surface area contributed by atoms with E-state index in [1.165, 1.54) is 12.2 Å². The third-order valence-corrected chi connectivity index (χ3v) is 5.73. The fraction of sp³-hybridized carbons (Fsp3) is 0.200. The molecule has 7 heteroatoms. The molecule has 2 aromatic carbocycles. The molecule has 3 aromatic rings. The highest BCUT2D eigenvalue weighted by Gasteiger charge is 2.46. The molecule has 5 rings (SSSR count). The molecule has 32 heavy (non-hydrogen) atoms. The van der Waals surface area contributed by atoms with Crippen LogP contribution in [0.3, 0.4) is 0 Å². The van der Waals surface area contributed by atoms with Crippen molar-refractivity contribution < 1.29 is 14.3 Å². The normalized spacial score (nSPS) is 19.6. The third kappa shape index (κ3) is 3.78. The molecule has 1 spiro atoms. The Hall–Kier alpha value is -3.84. The van der Waals surface area contributed by atoms with Gasteiger partial charge in [0.05, 0.1) is 30.1 Å². The Morgan fingerprint density at radius 2 is 1.59 bits per heavy atom. The van der Waals surface area contributed by atoms with E-state index in [1.54, 1.807) is 21.7 Å². The van der Waals surface area contributed by atoms with Crippen LogP contribution in [-0.4, -0.2) is 39.0 Å². The fourth-order valence-corrected chi connectivity index (χ4v) is 4.04. The maximum atomic E-state index is 13.6. The summed E-state index contributed by atoms with van der Waals surface area (Å²) in [6.45, 7) is 0.262. The predicted octanol–water partition coefficient (Wildman–Crippen LogP) is 3.27. The second-order valence-electron chi connectivity index (χ2n) is 7.87. The standard InChI is InChI=1S/C25H22N4O3/c30-23-13-15-25(16-14-23)29(22-9-5-2-6-10-22)24(31)19(18-32-25)11-12-20-17-28(27-26-20)21-7-3-1-4-8-21/h1-10,13-17,19H,11-12,18H2. The molecule has 0 radical (unpaired) electrons. The molecule has 1 aliphatic heterocycles. The zero-order chi connectivity index (χ0) is 22.0. The van der Waals surface area contributed by atoms with Crippen LogP contribution in [0.1, 0.15) is 12.1 Å². The van der Waals surface area contributed by atoms with E-state index in [9.17, 15) is 9.59 Å². The number of carbonyl (C=O) groups is 2. The van der Waals surface area contributed by atoms with E-state index < -0.39 is 5.72 Å². The Morgan fingerprint density at radius 3 is 2.28 bits per heavy atom. The van der Waals surface area contributed by atoms with Crippen molar-refractivity contribution in [3.8, 4) is 5.69 Å². The van der Waals surface area contributed by atoms with Crippen LogP contribution in [-0.2, 0) is 20.7 Å². The monoisotopic (exact) mass is 426 g/mol. The minimum atomic E-state index is -1.08. The van der Waals surface area contributed by atoms with Crippen molar-refractivity contribution in [2.45, 2.75) is 18.6 Å². The first kappa shape index (κ1) is 20.1. The van der Waals surface area contributed by atoms with E-state index in [2.05, 4.69) is 10.3 Å². The number of nitrogens with zero attached hydrogens (tertiary/aromatic N) is 4. The van der Waals surface area contributed by atoms with Crippen molar-refractivity contribution in [1.29, 1.82) is 0 Å². The number of amides is 1. The van der Waals surface area contributed by atoms with Gasteiger partial charge in [0, 0.05) is 5.69 Å². The lowest BCUT2D eigenvalue weighted by Gasteiger charge is -2.46. The second-order valence-corrected chi connectivity index (χ2v) is 7.87. The van der Waals surface area contributed by atoms with Crippen molar-refractivity contribution in [2.24, 2.45) is 5.92 Å². The van der Waals surface area contributed by atoms with Crippen LogP contribution < -0.4 is 4.90 Å². The SMILES string of the molecule is O=C1C=CC2(C=C1)OCC(CCc1cn(-c3ccccc3)nn1)C(=O)N2c1ccccc1. The number of hydrogen-bond donors (Lipinski definition) is 0. The highest BCUT2D eigenvalue weighted by Crippen LogP contribution is 2.36. The smallest absolute Gasteiger partial charge is 0.235 e. The lowest BCUT2D eigenvalue weighted by atomic mass is 9.93. The average Bonchev–Trinajstić information content (AvgIpc) is 3.31. The molecule has 160 valence electrons. The molecule has 1 atom stereocenters. The van der Waals surface area contributed by atoms with E-state index in [0.717, 1.165) is 17.1 Å². The van der Waals surface area contributed by atoms with Crippen LogP contribution in [0.5, 0.6) is 0 Å². The Morgan fingerprint density at radius 1 is 0.938 bits per heavy atom. The molecular weight excluding hydrogens is 404 g/mol. The van der Waals surface area contributed by atoms with Crippen molar-refractivity contribution in [3.63, 3.8) is 0 Å². The van der Waals surface area contributed by atoms with E-state index >= 15 is 0 Å². The number of ketones is 1. The first-order valence-corrected chi connectivity index (χ1v) is 10.6. The van der Waals surface area contributed by atoms with Crippen LogP contribution in [0.25, 0.3) is 5.69 Å². The first-order chi connectivity index (χ1) is 15.6. The van der Waals surface area contributed by atoms with E-state index in [-0.39, 0.29) is 24.2 Å². The van der Waals surface area contributed by atoms with Gasteiger partial charge in [-0.25, -0.2) is 4.68 Å². The van der Waals surface area contributed by atoms with Gasteiger partial charge in [-0.1, -0.05) is 41.6 Å².